The number of benzene rings is 1. The van der Waals surface area contributed by atoms with Crippen LogP contribution in [0.25, 0.3) is 10.9 Å². The number of nitrogens with one attached hydrogen (secondary N) is 1. The largest absolute Gasteiger partial charge is 0.352 e. The summed E-state index contributed by atoms with van der Waals surface area (Å²) in [5.41, 5.74) is 7.80. The van der Waals surface area contributed by atoms with Gasteiger partial charge in [-0.05, 0) is 35.9 Å². The second-order valence-corrected chi connectivity index (χ2v) is 5.64. The van der Waals surface area contributed by atoms with Crippen LogP contribution in [0.2, 0.25) is 0 Å². The van der Waals surface area contributed by atoms with Gasteiger partial charge in [-0.15, -0.1) is 0 Å². The Bertz CT molecular complexity index is 601. The Balaban J connectivity index is 2.15. The number of fused-ring (bicyclic) bond motifs is 1. The molecule has 0 aliphatic heterocycles. The van der Waals surface area contributed by atoms with Crippen LogP contribution in [0.1, 0.15) is 26.3 Å². The minimum absolute atomic E-state index is 0.0434. The van der Waals surface area contributed by atoms with Gasteiger partial charge in [0.25, 0.3) is 0 Å². The summed E-state index contributed by atoms with van der Waals surface area (Å²) in [6, 6.07) is 8.32. The van der Waals surface area contributed by atoms with Gasteiger partial charge in [-0.2, -0.15) is 0 Å². The van der Waals surface area contributed by atoms with Crippen molar-refractivity contribution in [3.63, 3.8) is 0 Å². The number of nitrogens with two attached hydrogens (primary N) is 1. The van der Waals surface area contributed by atoms with E-state index in [0.717, 1.165) is 16.5 Å². The topological polar surface area (TPSA) is 60.0 Å². The van der Waals surface area contributed by atoms with Gasteiger partial charge < -0.3 is 15.6 Å². The Morgan fingerprint density at radius 2 is 2.05 bits per heavy atom. The van der Waals surface area contributed by atoms with Crippen LogP contribution in [0.5, 0.6) is 0 Å². The third-order valence-electron chi connectivity index (χ3n) is 3.78. The summed E-state index contributed by atoms with van der Waals surface area (Å²) >= 11 is 0. The first-order valence-electron chi connectivity index (χ1n) is 7.08. The maximum Gasteiger partial charge on any atom is 0.240 e. The Morgan fingerprint density at radius 3 is 2.70 bits per heavy atom. The van der Waals surface area contributed by atoms with E-state index in [1.54, 1.807) is 0 Å². The minimum Gasteiger partial charge on any atom is -0.352 e. The molecule has 108 valence electrons. The lowest BCUT2D eigenvalue weighted by Gasteiger charge is -2.17. The number of aromatic nitrogens is 1. The molecule has 4 nitrogen and oxygen atoms in total. The Hall–Kier alpha value is -1.81. The molecule has 1 atom stereocenters. The number of hydrogen-bond acceptors (Lipinski definition) is 2. The molecule has 1 unspecified atom stereocenters. The smallest absolute Gasteiger partial charge is 0.240 e. The Morgan fingerprint density at radius 1 is 1.30 bits per heavy atom. The number of carbonyl (C=O) groups excluding carboxylic acids is 1. The number of amides is 1. The quantitative estimate of drug-likeness (QED) is 0.878. The van der Waals surface area contributed by atoms with Gasteiger partial charge in [0.1, 0.15) is 6.54 Å². The second-order valence-electron chi connectivity index (χ2n) is 5.64. The van der Waals surface area contributed by atoms with Crippen molar-refractivity contribution >= 4 is 16.8 Å². The molecule has 4 heteroatoms. The van der Waals surface area contributed by atoms with Crippen LogP contribution < -0.4 is 11.1 Å². The van der Waals surface area contributed by atoms with Gasteiger partial charge in [-0.1, -0.05) is 26.0 Å². The summed E-state index contributed by atoms with van der Waals surface area (Å²) in [6.45, 7) is 7.09. The van der Waals surface area contributed by atoms with Crippen LogP contribution >= 0.6 is 0 Å². The highest BCUT2D eigenvalue weighted by atomic mass is 16.2. The van der Waals surface area contributed by atoms with E-state index >= 15 is 0 Å². The summed E-state index contributed by atoms with van der Waals surface area (Å²) in [7, 11) is 0. The van der Waals surface area contributed by atoms with Crippen LogP contribution in [-0.4, -0.2) is 16.5 Å². The maximum absolute atomic E-state index is 12.1. The average molecular weight is 273 g/mol. The van der Waals surface area contributed by atoms with Gasteiger partial charge in [-0.3, -0.25) is 4.79 Å². The molecule has 0 radical (unpaired) electrons. The van der Waals surface area contributed by atoms with Crippen molar-refractivity contribution in [1.82, 2.24) is 9.88 Å². The molecule has 1 aromatic carbocycles. The lowest BCUT2D eigenvalue weighted by molar-refractivity contribution is -0.122. The monoisotopic (exact) mass is 273 g/mol. The highest BCUT2D eigenvalue weighted by Gasteiger charge is 2.12. The van der Waals surface area contributed by atoms with Crippen LogP contribution in [0.4, 0.5) is 0 Å². The first-order valence-corrected chi connectivity index (χ1v) is 7.08. The summed E-state index contributed by atoms with van der Waals surface area (Å²) in [6.07, 6.45) is 1.95. The molecule has 0 aliphatic carbocycles. The summed E-state index contributed by atoms with van der Waals surface area (Å²) in [5.74, 6) is 0.478. The van der Waals surface area contributed by atoms with Crippen molar-refractivity contribution in [1.29, 1.82) is 0 Å². The van der Waals surface area contributed by atoms with Gasteiger partial charge in [0.15, 0.2) is 0 Å². The second kappa shape index (κ2) is 6.09. The van der Waals surface area contributed by atoms with Crippen molar-refractivity contribution in [3.05, 3.63) is 36.0 Å². The molecule has 1 heterocycles. The van der Waals surface area contributed by atoms with Crippen molar-refractivity contribution in [2.24, 2.45) is 11.7 Å². The maximum atomic E-state index is 12.1. The average Bonchev–Trinajstić information content (AvgIpc) is 2.80. The Labute approximate surface area is 120 Å². The van der Waals surface area contributed by atoms with E-state index in [2.05, 4.69) is 25.2 Å². The van der Waals surface area contributed by atoms with E-state index in [-0.39, 0.29) is 11.9 Å². The number of rotatable bonds is 5. The van der Waals surface area contributed by atoms with Crippen LogP contribution in [0.3, 0.4) is 0 Å². The predicted octanol–water partition coefficient (Wildman–Crippen LogP) is 2.26. The highest BCUT2D eigenvalue weighted by molar-refractivity contribution is 5.83. The van der Waals surface area contributed by atoms with Crippen molar-refractivity contribution in [2.45, 2.75) is 39.9 Å². The molecular weight excluding hydrogens is 250 g/mol. The van der Waals surface area contributed by atoms with Gasteiger partial charge in [0, 0.05) is 24.3 Å². The number of carbonyl (C=O) groups is 1. The normalized spacial score (nSPS) is 12.8. The molecule has 0 saturated heterocycles. The van der Waals surface area contributed by atoms with Crippen LogP contribution in [-0.2, 0) is 17.9 Å². The fraction of sp³-hybridized carbons (Fsp3) is 0.438. The standard InChI is InChI=1S/C16H23N3O/c1-11(2)12(3)18-16(20)10-19-7-6-14-5-4-13(9-17)8-15(14)19/h4-8,11-12H,9-10,17H2,1-3H3,(H,18,20). The fourth-order valence-corrected chi connectivity index (χ4v) is 2.12. The fourth-order valence-electron chi connectivity index (χ4n) is 2.12. The molecule has 0 spiro atoms. The number of nitrogens with zero attached hydrogens (tertiary/aromatic N) is 1. The van der Waals surface area contributed by atoms with E-state index in [1.807, 2.05) is 35.9 Å². The van der Waals surface area contributed by atoms with E-state index in [0.29, 0.717) is 19.0 Å². The lowest BCUT2D eigenvalue weighted by Crippen LogP contribution is -2.38. The third kappa shape index (κ3) is 3.20. The molecule has 20 heavy (non-hydrogen) atoms. The molecule has 1 aromatic heterocycles. The molecular formula is C16H23N3O. The van der Waals surface area contributed by atoms with Crippen LogP contribution in [0, 0.1) is 5.92 Å². The summed E-state index contributed by atoms with van der Waals surface area (Å²) < 4.78 is 1.97. The third-order valence-corrected chi connectivity index (χ3v) is 3.78. The SMILES string of the molecule is CC(C)C(C)NC(=O)Cn1ccc2ccc(CN)cc21. The van der Waals surface area contributed by atoms with Gasteiger partial charge in [0.2, 0.25) is 5.91 Å². The molecule has 3 N–H and O–H groups in total. The first kappa shape index (κ1) is 14.6. The molecule has 2 aromatic rings. The molecule has 2 rings (SSSR count). The molecule has 1 amide bonds. The minimum atomic E-state index is 0.0434. The molecule has 0 saturated carbocycles. The lowest BCUT2D eigenvalue weighted by atomic mass is 10.1. The van der Waals surface area contributed by atoms with Gasteiger partial charge >= 0.3 is 0 Å². The summed E-state index contributed by atoms with van der Waals surface area (Å²) in [4.78, 5) is 12.1. The van der Waals surface area contributed by atoms with Crippen LogP contribution in [0.15, 0.2) is 30.5 Å². The van der Waals surface area contributed by atoms with Crippen molar-refractivity contribution in [2.75, 3.05) is 0 Å². The van der Waals surface area contributed by atoms with Crippen molar-refractivity contribution < 1.29 is 4.79 Å². The first-order chi connectivity index (χ1) is 9.51. The molecule has 0 aliphatic rings. The van der Waals surface area contributed by atoms with Gasteiger partial charge in [0.05, 0.1) is 0 Å². The zero-order valence-corrected chi connectivity index (χ0v) is 12.4. The molecule has 0 fully saturated rings. The number of hydrogen-bond donors (Lipinski definition) is 2. The van der Waals surface area contributed by atoms with Crippen molar-refractivity contribution in [3.8, 4) is 0 Å². The van der Waals surface area contributed by atoms with E-state index < -0.39 is 0 Å². The van der Waals surface area contributed by atoms with E-state index in [4.69, 9.17) is 5.73 Å². The predicted molar refractivity (Wildman–Crippen MR) is 82.3 cm³/mol. The van der Waals surface area contributed by atoms with E-state index in [1.165, 1.54) is 0 Å². The summed E-state index contributed by atoms with van der Waals surface area (Å²) in [5, 5.41) is 4.16. The molecule has 0 bridgehead atoms. The zero-order valence-electron chi connectivity index (χ0n) is 12.4. The zero-order chi connectivity index (χ0) is 14.7. The Kier molecular flexibility index (Phi) is 4.45. The van der Waals surface area contributed by atoms with Gasteiger partial charge in [-0.25, -0.2) is 0 Å². The van der Waals surface area contributed by atoms with E-state index in [9.17, 15) is 4.79 Å². The highest BCUT2D eigenvalue weighted by Crippen LogP contribution is 2.17.